The molecule has 0 radical (unpaired) electrons. The standard InChI is InChI=1S/2C20H12F7N3O4S2.C19H13F4N3O2S/c2*1-18(2)16(31)29(11-4-3-10(9-28)13(7-11)19(22,23)24)17(35)30(18)12-5-6-15(14(21)8-12)34-36(32,33)20(25,26)27;1-18(2)16(28)25(11-4-3-10(9-24)13(7-11)19(21,22)23)17(29)26(18)12-5-6-15(27)14(20)8-12/h2*3-8H,1-2H3;3-8,27H,1-2H3. The van der Waals surface area contributed by atoms with Crippen LogP contribution in [-0.2, 0) is 53.1 Å². The molecular formula is C59H37F18N9O10S5. The van der Waals surface area contributed by atoms with Crippen LogP contribution in [0, 0.1) is 51.4 Å². The lowest BCUT2D eigenvalue weighted by molar-refractivity contribution is -0.138. The molecule has 0 bridgehead atoms. The van der Waals surface area contributed by atoms with Gasteiger partial charge in [0.15, 0.2) is 50.0 Å². The quantitative estimate of drug-likeness (QED) is 0.0579. The largest absolute Gasteiger partial charge is 0.534 e. The highest BCUT2D eigenvalue weighted by molar-refractivity contribution is 7.88. The van der Waals surface area contributed by atoms with Crippen molar-refractivity contribution in [2.75, 3.05) is 29.4 Å². The number of hydrogen-bond donors (Lipinski definition) is 1. The number of rotatable bonds is 10. The molecule has 534 valence electrons. The lowest BCUT2D eigenvalue weighted by Gasteiger charge is -2.29. The minimum absolute atomic E-state index is 0.149. The van der Waals surface area contributed by atoms with E-state index in [1.165, 1.54) is 76.8 Å². The first-order valence-electron chi connectivity index (χ1n) is 27.0. The SMILES string of the molecule is CC1(C)C(=O)N(c2ccc(C#N)c(C(F)(F)F)c2)C(=S)N1c1ccc(O)c(F)c1.CC1(C)C(=O)N(c2ccc(C#N)c(C(F)(F)F)c2)C(=S)N1c1ccc(OS(=O)(=O)C(F)(F)F)c(F)c1.CC1(C)C(=O)N(c2ccc(C#N)c(C(F)(F)F)c2)C(=S)N1c1ccc(OS(=O)(=O)C(F)(F)F)c(F)c1. The number of phenolic OH excluding ortho intramolecular Hbond substituents is 1. The van der Waals surface area contributed by atoms with E-state index in [2.05, 4.69) is 8.37 Å². The van der Waals surface area contributed by atoms with E-state index in [0.29, 0.717) is 42.5 Å². The summed E-state index contributed by atoms with van der Waals surface area (Å²) in [6.07, 6.45) is -14.7. The third kappa shape index (κ3) is 14.9. The van der Waals surface area contributed by atoms with Crippen molar-refractivity contribution < 1.29 is 124 Å². The molecule has 42 heteroatoms. The summed E-state index contributed by atoms with van der Waals surface area (Å²) in [6.45, 7) is 8.17. The van der Waals surface area contributed by atoms with Crippen LogP contribution in [0.1, 0.15) is 74.9 Å². The summed E-state index contributed by atoms with van der Waals surface area (Å²) in [5.74, 6) is -9.53. The number of anilines is 6. The van der Waals surface area contributed by atoms with Gasteiger partial charge in [0, 0.05) is 35.3 Å². The molecule has 1 N–H and O–H groups in total. The second-order valence-corrected chi connectivity index (χ2v) is 26.5. The highest BCUT2D eigenvalue weighted by Crippen LogP contribution is 2.46. The number of alkyl halides is 15. The molecular weight excluding hydrogens is 1500 g/mol. The molecule has 19 nitrogen and oxygen atoms in total. The summed E-state index contributed by atoms with van der Waals surface area (Å²) in [5, 5.41) is 35.3. The Hall–Kier alpha value is -10.1. The number of benzene rings is 6. The van der Waals surface area contributed by atoms with Gasteiger partial charge in [-0.25, -0.2) is 13.2 Å². The van der Waals surface area contributed by atoms with Crippen LogP contribution in [0.2, 0.25) is 0 Å². The van der Waals surface area contributed by atoms with E-state index < -0.39 is 162 Å². The number of carbonyl (C=O) groups is 3. The number of nitriles is 3. The maximum absolute atomic E-state index is 14.5. The average Bonchev–Trinajstić information content (AvgIpc) is 1.60. The van der Waals surface area contributed by atoms with Gasteiger partial charge in [-0.1, -0.05) is 0 Å². The molecule has 6 aromatic carbocycles. The zero-order valence-electron chi connectivity index (χ0n) is 50.9. The Labute approximate surface area is 573 Å². The second-order valence-electron chi connectivity index (χ2n) is 22.3. The van der Waals surface area contributed by atoms with E-state index in [4.69, 9.17) is 52.4 Å². The van der Waals surface area contributed by atoms with Gasteiger partial charge in [0.05, 0.1) is 68.7 Å². The molecule has 0 saturated carbocycles. The fourth-order valence-electron chi connectivity index (χ4n) is 9.74. The van der Waals surface area contributed by atoms with Gasteiger partial charge in [-0.2, -0.15) is 98.5 Å². The van der Waals surface area contributed by atoms with Crippen molar-refractivity contribution in [3.05, 3.63) is 160 Å². The summed E-state index contributed by atoms with van der Waals surface area (Å²) in [5.41, 5.74) is -23.3. The number of halogens is 18. The number of phenols is 1. The Kier molecular flexibility index (Phi) is 20.7. The summed E-state index contributed by atoms with van der Waals surface area (Å²) in [4.78, 5) is 44.9. The molecule has 0 atom stereocenters. The first kappa shape index (κ1) is 78.3. The van der Waals surface area contributed by atoms with E-state index in [0.717, 1.165) is 79.1 Å². The minimum atomic E-state index is -6.17. The topological polar surface area (TPSA) is 249 Å². The van der Waals surface area contributed by atoms with Crippen LogP contribution < -0.4 is 37.8 Å². The Bertz CT molecular complexity index is 4640. The summed E-state index contributed by atoms with van der Waals surface area (Å²) < 4.78 is 291. The van der Waals surface area contributed by atoms with Crippen molar-refractivity contribution in [2.45, 2.75) is 87.7 Å². The fourth-order valence-corrected chi connectivity index (χ4v) is 12.2. The van der Waals surface area contributed by atoms with Gasteiger partial charge in [-0.15, -0.1) is 0 Å². The third-order valence-corrected chi connectivity index (χ3v) is 17.6. The smallest absolute Gasteiger partial charge is 0.505 e. The molecule has 6 aromatic rings. The average molecular weight is 1530 g/mol. The summed E-state index contributed by atoms with van der Waals surface area (Å²) in [7, 11) is -12.3. The van der Waals surface area contributed by atoms with E-state index in [-0.39, 0.29) is 39.2 Å². The van der Waals surface area contributed by atoms with Crippen LogP contribution >= 0.6 is 36.7 Å². The maximum atomic E-state index is 14.5. The highest BCUT2D eigenvalue weighted by atomic mass is 32.2. The van der Waals surface area contributed by atoms with Crippen LogP contribution in [0.4, 0.5) is 113 Å². The van der Waals surface area contributed by atoms with Crippen LogP contribution in [0.5, 0.6) is 17.2 Å². The lowest BCUT2D eigenvalue weighted by Crippen LogP contribution is -2.44. The molecule has 3 saturated heterocycles. The Morgan fingerprint density at radius 1 is 0.396 bits per heavy atom. The van der Waals surface area contributed by atoms with Gasteiger partial charge in [0.2, 0.25) is 0 Å². The minimum Gasteiger partial charge on any atom is -0.505 e. The summed E-state index contributed by atoms with van der Waals surface area (Å²) >= 11 is 15.8. The lowest BCUT2D eigenvalue weighted by atomic mass is 10.0. The van der Waals surface area contributed by atoms with E-state index in [1.807, 2.05) is 0 Å². The molecule has 3 aliphatic rings. The number of aromatic hydroxyl groups is 1. The van der Waals surface area contributed by atoms with Crippen LogP contribution in [-0.4, -0.2) is 82.6 Å². The van der Waals surface area contributed by atoms with E-state index in [1.54, 1.807) is 0 Å². The Morgan fingerprint density at radius 2 is 0.634 bits per heavy atom. The normalized spacial score (nSPS) is 16.3. The molecule has 3 heterocycles. The molecule has 0 spiro atoms. The van der Waals surface area contributed by atoms with Crippen molar-refractivity contribution >= 4 is 124 Å². The maximum Gasteiger partial charge on any atom is 0.534 e. The number of hydrogen-bond acceptors (Lipinski definition) is 16. The first-order valence-corrected chi connectivity index (χ1v) is 31.1. The van der Waals surface area contributed by atoms with Crippen molar-refractivity contribution in [2.24, 2.45) is 0 Å². The van der Waals surface area contributed by atoms with E-state index in [9.17, 15) is 115 Å². The first-order chi connectivity index (χ1) is 46.0. The Morgan fingerprint density at radius 3 is 0.851 bits per heavy atom. The molecule has 0 aromatic heterocycles. The van der Waals surface area contributed by atoms with Gasteiger partial charge >= 0.3 is 49.8 Å². The Balaban J connectivity index is 0.000000214. The van der Waals surface area contributed by atoms with Crippen molar-refractivity contribution in [3.63, 3.8) is 0 Å². The molecule has 9 rings (SSSR count). The molecule has 3 amide bonds. The van der Waals surface area contributed by atoms with Gasteiger partial charge in [0.1, 0.15) is 16.6 Å². The van der Waals surface area contributed by atoms with Gasteiger partial charge < -0.3 is 28.2 Å². The molecule has 3 aliphatic heterocycles. The van der Waals surface area contributed by atoms with Crippen molar-refractivity contribution in [1.29, 1.82) is 15.8 Å². The molecule has 3 fully saturated rings. The number of carbonyl (C=O) groups excluding carboxylic acids is 3. The van der Waals surface area contributed by atoms with Crippen molar-refractivity contribution in [3.8, 4) is 35.5 Å². The zero-order valence-corrected chi connectivity index (χ0v) is 55.0. The van der Waals surface area contributed by atoms with Crippen molar-refractivity contribution in [1.82, 2.24) is 0 Å². The van der Waals surface area contributed by atoms with Gasteiger partial charge in [-0.05, 0) is 169 Å². The van der Waals surface area contributed by atoms with Crippen LogP contribution in [0.3, 0.4) is 0 Å². The monoisotopic (exact) mass is 1530 g/mol. The van der Waals surface area contributed by atoms with Gasteiger partial charge in [-0.3, -0.25) is 29.1 Å². The van der Waals surface area contributed by atoms with Crippen LogP contribution in [0.25, 0.3) is 0 Å². The van der Waals surface area contributed by atoms with E-state index >= 15 is 0 Å². The third-order valence-electron chi connectivity index (χ3n) is 14.6. The predicted molar refractivity (Wildman–Crippen MR) is 330 cm³/mol. The number of nitrogens with zero attached hydrogens (tertiary/aromatic N) is 9. The second kappa shape index (κ2) is 26.8. The molecule has 0 aliphatic carbocycles. The van der Waals surface area contributed by atoms with Gasteiger partial charge in [0.25, 0.3) is 17.7 Å². The highest BCUT2D eigenvalue weighted by Gasteiger charge is 2.55. The van der Waals surface area contributed by atoms with Crippen LogP contribution in [0.15, 0.2) is 109 Å². The number of thiocarbonyl (C=S) groups is 3. The summed E-state index contributed by atoms with van der Waals surface area (Å²) in [6, 6.07) is 19.4. The fraction of sp³-hybridized carbons (Fsp3) is 0.237. The molecule has 0 unspecified atom stereocenters. The molecule has 101 heavy (non-hydrogen) atoms. The predicted octanol–water partition coefficient (Wildman–Crippen LogP) is 14.1. The number of amides is 3. The zero-order chi connectivity index (χ0) is 76.6.